The molecule has 2 heterocycles. The number of nitrogens with one attached hydrogen (secondary N) is 1. The lowest BCUT2D eigenvalue weighted by atomic mass is 9.76. The fourth-order valence-corrected chi connectivity index (χ4v) is 3.51. The van der Waals surface area contributed by atoms with Crippen LogP contribution in [0.25, 0.3) is 0 Å². The molecule has 4 heteroatoms. The van der Waals surface area contributed by atoms with Crippen LogP contribution in [0.3, 0.4) is 0 Å². The minimum Gasteiger partial charge on any atom is -0.370 e. The maximum atomic E-state index is 6.10. The van der Waals surface area contributed by atoms with Crippen molar-refractivity contribution in [2.75, 3.05) is 19.6 Å². The van der Waals surface area contributed by atoms with Crippen LogP contribution in [0, 0.1) is 5.92 Å². The molecule has 2 unspecified atom stereocenters. The van der Waals surface area contributed by atoms with Gasteiger partial charge in [-0.1, -0.05) is 6.92 Å². The van der Waals surface area contributed by atoms with Gasteiger partial charge in [-0.05, 0) is 38.1 Å². The number of piperidine rings is 1. The Hall–Kier alpha value is -0.770. The van der Waals surface area contributed by atoms with Crippen LogP contribution in [0.1, 0.15) is 32.6 Å². The van der Waals surface area contributed by atoms with Gasteiger partial charge in [-0.2, -0.15) is 0 Å². The largest absolute Gasteiger partial charge is 0.370 e. The molecule has 3 aliphatic rings. The predicted octanol–water partition coefficient (Wildman–Crippen LogP) is 0.537. The number of guanidine groups is 1. The standard InChI is InChI=1S/C12H22N4/c1-2-9-7-14-6-5-12(9)8-15-11(13)16(12)10-3-4-10/h9-10,14H,2-8H2,1H3,(H2,13,15). The van der Waals surface area contributed by atoms with Gasteiger partial charge < -0.3 is 16.0 Å². The summed E-state index contributed by atoms with van der Waals surface area (Å²) < 4.78 is 0. The van der Waals surface area contributed by atoms with Crippen molar-refractivity contribution in [1.82, 2.24) is 10.2 Å². The molecule has 4 nitrogen and oxygen atoms in total. The summed E-state index contributed by atoms with van der Waals surface area (Å²) in [6.45, 7) is 5.46. The van der Waals surface area contributed by atoms with E-state index >= 15 is 0 Å². The molecule has 1 spiro atoms. The Morgan fingerprint density at radius 3 is 3.06 bits per heavy atom. The lowest BCUT2D eigenvalue weighted by Gasteiger charge is -2.48. The number of rotatable bonds is 2. The molecule has 0 bridgehead atoms. The highest BCUT2D eigenvalue weighted by molar-refractivity contribution is 5.81. The molecular weight excluding hydrogens is 200 g/mol. The second-order valence-electron chi connectivity index (χ2n) is 5.44. The quantitative estimate of drug-likeness (QED) is 0.717. The minimum absolute atomic E-state index is 0.255. The zero-order valence-electron chi connectivity index (χ0n) is 10.1. The van der Waals surface area contributed by atoms with Crippen molar-refractivity contribution in [3.05, 3.63) is 0 Å². The summed E-state index contributed by atoms with van der Waals surface area (Å²) in [6.07, 6.45) is 5.04. The fraction of sp³-hybridized carbons (Fsp3) is 0.917. The van der Waals surface area contributed by atoms with Crippen molar-refractivity contribution in [3.8, 4) is 0 Å². The van der Waals surface area contributed by atoms with E-state index in [0.29, 0.717) is 12.0 Å². The third-order valence-electron chi connectivity index (χ3n) is 4.53. The van der Waals surface area contributed by atoms with Crippen molar-refractivity contribution < 1.29 is 0 Å². The molecule has 0 amide bonds. The van der Waals surface area contributed by atoms with E-state index in [1.165, 1.54) is 25.7 Å². The maximum Gasteiger partial charge on any atom is 0.192 e. The fourth-order valence-electron chi connectivity index (χ4n) is 3.51. The van der Waals surface area contributed by atoms with E-state index in [2.05, 4.69) is 22.1 Å². The number of hydrogen-bond donors (Lipinski definition) is 2. The van der Waals surface area contributed by atoms with Gasteiger partial charge in [-0.3, -0.25) is 4.99 Å². The van der Waals surface area contributed by atoms with Gasteiger partial charge in [0.05, 0.1) is 12.1 Å². The monoisotopic (exact) mass is 222 g/mol. The van der Waals surface area contributed by atoms with E-state index in [9.17, 15) is 0 Å². The summed E-state index contributed by atoms with van der Waals surface area (Å²) in [5.74, 6) is 1.51. The number of nitrogens with zero attached hydrogens (tertiary/aromatic N) is 2. The van der Waals surface area contributed by atoms with Gasteiger partial charge in [0.15, 0.2) is 5.96 Å². The highest BCUT2D eigenvalue weighted by Gasteiger charge is 2.53. The van der Waals surface area contributed by atoms with Gasteiger partial charge in [0.2, 0.25) is 0 Å². The Morgan fingerprint density at radius 2 is 2.38 bits per heavy atom. The molecule has 0 aromatic heterocycles. The SMILES string of the molecule is CCC1CNCCC12CN=C(N)N2C1CC1. The first-order valence-electron chi connectivity index (χ1n) is 6.58. The van der Waals surface area contributed by atoms with Crippen molar-refractivity contribution >= 4 is 5.96 Å². The molecule has 0 radical (unpaired) electrons. The molecule has 1 saturated carbocycles. The Morgan fingerprint density at radius 1 is 1.56 bits per heavy atom. The zero-order chi connectivity index (χ0) is 11.2. The van der Waals surface area contributed by atoms with Crippen LogP contribution in [0.15, 0.2) is 4.99 Å². The van der Waals surface area contributed by atoms with Gasteiger partial charge >= 0.3 is 0 Å². The van der Waals surface area contributed by atoms with Crippen molar-refractivity contribution in [1.29, 1.82) is 0 Å². The van der Waals surface area contributed by atoms with E-state index in [0.717, 1.165) is 25.6 Å². The summed E-state index contributed by atoms with van der Waals surface area (Å²) in [6, 6.07) is 0.693. The van der Waals surface area contributed by atoms with Crippen LogP contribution in [0.4, 0.5) is 0 Å². The topological polar surface area (TPSA) is 53.6 Å². The number of hydrogen-bond acceptors (Lipinski definition) is 4. The van der Waals surface area contributed by atoms with E-state index in [1.54, 1.807) is 0 Å². The highest BCUT2D eigenvalue weighted by atomic mass is 15.4. The number of aliphatic imine (C=N–C) groups is 1. The van der Waals surface area contributed by atoms with E-state index < -0.39 is 0 Å². The average molecular weight is 222 g/mol. The van der Waals surface area contributed by atoms with Gasteiger partial charge in [0, 0.05) is 12.6 Å². The summed E-state index contributed by atoms with van der Waals surface area (Å²) in [7, 11) is 0. The second-order valence-corrected chi connectivity index (χ2v) is 5.44. The Bertz CT molecular complexity index is 310. The van der Waals surface area contributed by atoms with Gasteiger partial charge in [0.1, 0.15) is 0 Å². The Labute approximate surface area is 97.3 Å². The van der Waals surface area contributed by atoms with Crippen LogP contribution in [-0.2, 0) is 0 Å². The van der Waals surface area contributed by atoms with E-state index in [1.807, 2.05) is 0 Å². The first kappa shape index (κ1) is 10.4. The first-order valence-corrected chi connectivity index (χ1v) is 6.58. The smallest absolute Gasteiger partial charge is 0.192 e. The molecule has 1 aliphatic carbocycles. The van der Waals surface area contributed by atoms with E-state index in [-0.39, 0.29) is 5.54 Å². The molecule has 0 aromatic rings. The summed E-state index contributed by atoms with van der Waals surface area (Å²) in [5.41, 5.74) is 6.35. The van der Waals surface area contributed by atoms with Gasteiger partial charge in [0.25, 0.3) is 0 Å². The zero-order valence-corrected chi connectivity index (χ0v) is 10.1. The molecule has 3 N–H and O–H groups in total. The summed E-state index contributed by atoms with van der Waals surface area (Å²) >= 11 is 0. The van der Waals surface area contributed by atoms with Gasteiger partial charge in [-0.15, -0.1) is 0 Å². The molecule has 2 aliphatic heterocycles. The first-order chi connectivity index (χ1) is 7.78. The van der Waals surface area contributed by atoms with Crippen LogP contribution < -0.4 is 11.1 Å². The van der Waals surface area contributed by atoms with E-state index in [4.69, 9.17) is 5.73 Å². The molecular formula is C12H22N4. The molecule has 90 valence electrons. The Kier molecular flexibility index (Phi) is 2.35. The third-order valence-corrected chi connectivity index (χ3v) is 4.53. The molecule has 0 aromatic carbocycles. The van der Waals surface area contributed by atoms with Crippen LogP contribution in [0.2, 0.25) is 0 Å². The summed E-state index contributed by atoms with van der Waals surface area (Å²) in [4.78, 5) is 7.02. The molecule has 2 atom stereocenters. The predicted molar refractivity (Wildman–Crippen MR) is 65.3 cm³/mol. The van der Waals surface area contributed by atoms with Crippen molar-refractivity contribution in [2.24, 2.45) is 16.6 Å². The Balaban J connectivity index is 1.89. The molecule has 16 heavy (non-hydrogen) atoms. The second kappa shape index (κ2) is 3.62. The van der Waals surface area contributed by atoms with Crippen LogP contribution in [-0.4, -0.2) is 42.1 Å². The molecule has 3 rings (SSSR count). The van der Waals surface area contributed by atoms with Crippen molar-refractivity contribution in [3.63, 3.8) is 0 Å². The van der Waals surface area contributed by atoms with Crippen LogP contribution in [0.5, 0.6) is 0 Å². The summed E-state index contributed by atoms with van der Waals surface area (Å²) in [5, 5.41) is 3.51. The third kappa shape index (κ3) is 1.35. The minimum atomic E-state index is 0.255. The highest BCUT2D eigenvalue weighted by Crippen LogP contribution is 2.43. The number of nitrogens with two attached hydrogens (primary N) is 1. The molecule has 1 saturated heterocycles. The lowest BCUT2D eigenvalue weighted by molar-refractivity contribution is 0.0750. The normalized spacial score (nSPS) is 39.2. The van der Waals surface area contributed by atoms with Crippen LogP contribution >= 0.6 is 0 Å². The lowest BCUT2D eigenvalue weighted by Crippen LogP contribution is -2.62. The van der Waals surface area contributed by atoms with Gasteiger partial charge in [-0.25, -0.2) is 0 Å². The maximum absolute atomic E-state index is 6.10. The van der Waals surface area contributed by atoms with Crippen molar-refractivity contribution in [2.45, 2.75) is 44.2 Å². The molecule has 2 fully saturated rings. The average Bonchev–Trinajstić information content (AvgIpc) is 3.07.